The minimum absolute atomic E-state index is 0.318. The molecule has 3 aromatic rings. The van der Waals surface area contributed by atoms with E-state index in [9.17, 15) is 0 Å². The van der Waals surface area contributed by atoms with Crippen molar-refractivity contribution < 1.29 is 9.15 Å². The Morgan fingerprint density at radius 3 is 2.62 bits per heavy atom. The van der Waals surface area contributed by atoms with Crippen LogP contribution in [0.5, 0.6) is 5.75 Å². The maximum atomic E-state index is 5.86. The fraction of sp³-hybridized carbons (Fsp3) is 0.235. The van der Waals surface area contributed by atoms with E-state index in [1.165, 1.54) is 0 Å². The van der Waals surface area contributed by atoms with Gasteiger partial charge in [-0.3, -0.25) is 0 Å². The van der Waals surface area contributed by atoms with Gasteiger partial charge in [0, 0.05) is 6.54 Å². The molecule has 4 heteroatoms. The molecular formula is C17H18N2O2. The summed E-state index contributed by atoms with van der Waals surface area (Å²) in [6, 6.07) is 11.9. The van der Waals surface area contributed by atoms with E-state index in [-0.39, 0.29) is 0 Å². The molecule has 4 nitrogen and oxygen atoms in total. The van der Waals surface area contributed by atoms with E-state index in [0.717, 1.165) is 33.5 Å². The number of aromatic nitrogens is 1. The summed E-state index contributed by atoms with van der Waals surface area (Å²) in [5.74, 6) is 1.46. The molecule has 2 N–H and O–H groups in total. The van der Waals surface area contributed by atoms with Gasteiger partial charge in [0.05, 0.1) is 0 Å². The van der Waals surface area contributed by atoms with Gasteiger partial charge in [0.1, 0.15) is 11.3 Å². The molecule has 0 radical (unpaired) electrons. The predicted molar refractivity (Wildman–Crippen MR) is 82.1 cm³/mol. The number of oxazole rings is 1. The number of fused-ring (bicyclic) bond motifs is 1. The fourth-order valence-electron chi connectivity index (χ4n) is 2.37. The smallest absolute Gasteiger partial charge is 0.233 e. The van der Waals surface area contributed by atoms with E-state index < -0.39 is 0 Å². The van der Waals surface area contributed by atoms with Crippen LogP contribution < -0.4 is 10.5 Å². The topological polar surface area (TPSA) is 61.3 Å². The Morgan fingerprint density at radius 1 is 1.14 bits per heavy atom. The molecule has 0 atom stereocenters. The number of hydrogen-bond donors (Lipinski definition) is 1. The molecule has 0 unspecified atom stereocenters. The zero-order valence-corrected chi connectivity index (χ0v) is 12.2. The van der Waals surface area contributed by atoms with Crippen LogP contribution in [0.4, 0.5) is 0 Å². The van der Waals surface area contributed by atoms with Crippen LogP contribution in [-0.2, 0) is 13.2 Å². The van der Waals surface area contributed by atoms with Crippen LogP contribution >= 0.6 is 0 Å². The highest BCUT2D eigenvalue weighted by Crippen LogP contribution is 2.24. The van der Waals surface area contributed by atoms with Crippen molar-refractivity contribution in [2.75, 3.05) is 0 Å². The second-order valence-electron chi connectivity index (χ2n) is 5.12. The van der Waals surface area contributed by atoms with Crippen molar-refractivity contribution in [2.24, 2.45) is 5.73 Å². The first-order valence-electron chi connectivity index (χ1n) is 6.95. The molecule has 3 rings (SSSR count). The van der Waals surface area contributed by atoms with Crippen LogP contribution in [0.25, 0.3) is 11.1 Å². The third-order valence-electron chi connectivity index (χ3n) is 3.48. The quantitative estimate of drug-likeness (QED) is 0.795. The number of nitrogens with two attached hydrogens (primary N) is 1. The lowest BCUT2D eigenvalue weighted by Crippen LogP contribution is -1.98. The molecular weight excluding hydrogens is 264 g/mol. The molecule has 0 bridgehead atoms. The van der Waals surface area contributed by atoms with Crippen molar-refractivity contribution in [1.29, 1.82) is 0 Å². The number of benzene rings is 2. The van der Waals surface area contributed by atoms with Crippen LogP contribution in [-0.4, -0.2) is 4.98 Å². The van der Waals surface area contributed by atoms with Gasteiger partial charge in [0.25, 0.3) is 0 Å². The summed E-state index contributed by atoms with van der Waals surface area (Å²) in [4.78, 5) is 4.43. The minimum atomic E-state index is 0.318. The molecule has 0 aliphatic carbocycles. The summed E-state index contributed by atoms with van der Waals surface area (Å²) < 4.78 is 11.6. The molecule has 0 saturated carbocycles. The lowest BCUT2D eigenvalue weighted by Gasteiger charge is -2.09. The first-order chi connectivity index (χ1) is 10.2. The first kappa shape index (κ1) is 13.6. The Morgan fingerprint density at radius 2 is 1.90 bits per heavy atom. The highest BCUT2D eigenvalue weighted by atomic mass is 16.5. The van der Waals surface area contributed by atoms with Crippen molar-refractivity contribution in [1.82, 2.24) is 4.98 Å². The molecule has 0 fully saturated rings. The third kappa shape index (κ3) is 2.76. The third-order valence-corrected chi connectivity index (χ3v) is 3.48. The largest absolute Gasteiger partial charge is 0.483 e. The maximum Gasteiger partial charge on any atom is 0.233 e. The van der Waals surface area contributed by atoms with Crippen LogP contribution in [0.15, 0.2) is 40.8 Å². The van der Waals surface area contributed by atoms with E-state index in [1.807, 2.05) is 50.2 Å². The van der Waals surface area contributed by atoms with Crippen molar-refractivity contribution in [3.8, 4) is 5.75 Å². The predicted octanol–water partition coefficient (Wildman–Crippen LogP) is 3.48. The Kier molecular flexibility index (Phi) is 3.62. The molecule has 0 spiro atoms. The Hall–Kier alpha value is -2.33. The van der Waals surface area contributed by atoms with Crippen LogP contribution in [0.1, 0.15) is 22.6 Å². The zero-order valence-electron chi connectivity index (χ0n) is 12.2. The minimum Gasteiger partial charge on any atom is -0.483 e. The molecule has 0 aliphatic heterocycles. The standard InChI is InChI=1S/C17H18N2O2/c1-11-4-3-5-12(2)17(11)20-10-16-19-14-7-6-13(9-18)8-15(14)21-16/h3-8H,9-10,18H2,1-2H3. The van der Waals surface area contributed by atoms with Gasteiger partial charge in [-0.1, -0.05) is 24.3 Å². The van der Waals surface area contributed by atoms with E-state index in [1.54, 1.807) is 0 Å². The summed E-state index contributed by atoms with van der Waals surface area (Å²) >= 11 is 0. The van der Waals surface area contributed by atoms with Crippen LogP contribution in [0.2, 0.25) is 0 Å². The monoisotopic (exact) mass is 282 g/mol. The van der Waals surface area contributed by atoms with Gasteiger partial charge in [-0.05, 0) is 42.7 Å². The number of para-hydroxylation sites is 1. The van der Waals surface area contributed by atoms with Crippen molar-refractivity contribution in [3.05, 3.63) is 59.0 Å². The molecule has 0 saturated heterocycles. The lowest BCUT2D eigenvalue weighted by atomic mass is 10.1. The summed E-state index contributed by atoms with van der Waals surface area (Å²) in [6.45, 7) is 4.87. The van der Waals surface area contributed by atoms with Gasteiger partial charge in [0.15, 0.2) is 12.2 Å². The Labute approximate surface area is 123 Å². The summed E-state index contributed by atoms with van der Waals surface area (Å²) in [6.07, 6.45) is 0. The van der Waals surface area contributed by atoms with E-state index >= 15 is 0 Å². The highest BCUT2D eigenvalue weighted by molar-refractivity contribution is 5.73. The summed E-state index contributed by atoms with van der Waals surface area (Å²) in [7, 11) is 0. The van der Waals surface area contributed by atoms with Gasteiger partial charge in [0.2, 0.25) is 5.89 Å². The molecule has 1 aromatic heterocycles. The molecule has 0 aliphatic rings. The average Bonchev–Trinajstić information content (AvgIpc) is 2.88. The molecule has 21 heavy (non-hydrogen) atoms. The fourth-order valence-corrected chi connectivity index (χ4v) is 2.37. The summed E-state index contributed by atoms with van der Waals surface area (Å²) in [5.41, 5.74) is 10.4. The number of hydrogen-bond acceptors (Lipinski definition) is 4. The molecule has 1 heterocycles. The molecule has 2 aromatic carbocycles. The first-order valence-corrected chi connectivity index (χ1v) is 6.95. The van der Waals surface area contributed by atoms with Gasteiger partial charge in [-0.25, -0.2) is 4.98 Å². The van der Waals surface area contributed by atoms with E-state index in [2.05, 4.69) is 4.98 Å². The van der Waals surface area contributed by atoms with Crippen molar-refractivity contribution in [3.63, 3.8) is 0 Å². The molecule has 0 amide bonds. The number of nitrogens with zero attached hydrogens (tertiary/aromatic N) is 1. The second kappa shape index (κ2) is 5.58. The Bertz CT molecular complexity index is 757. The van der Waals surface area contributed by atoms with Crippen molar-refractivity contribution in [2.45, 2.75) is 27.0 Å². The van der Waals surface area contributed by atoms with Crippen LogP contribution in [0.3, 0.4) is 0 Å². The highest BCUT2D eigenvalue weighted by Gasteiger charge is 2.09. The van der Waals surface area contributed by atoms with Crippen molar-refractivity contribution >= 4 is 11.1 Å². The van der Waals surface area contributed by atoms with Gasteiger partial charge < -0.3 is 14.9 Å². The van der Waals surface area contributed by atoms with Crippen LogP contribution in [0, 0.1) is 13.8 Å². The zero-order chi connectivity index (χ0) is 14.8. The van der Waals surface area contributed by atoms with E-state index in [0.29, 0.717) is 19.0 Å². The second-order valence-corrected chi connectivity index (χ2v) is 5.12. The Balaban J connectivity index is 1.82. The normalized spacial score (nSPS) is 11.0. The number of aryl methyl sites for hydroxylation is 2. The van der Waals surface area contributed by atoms with Gasteiger partial charge in [-0.15, -0.1) is 0 Å². The molecule has 108 valence electrons. The maximum absolute atomic E-state index is 5.86. The average molecular weight is 282 g/mol. The van der Waals surface area contributed by atoms with Gasteiger partial charge >= 0.3 is 0 Å². The number of rotatable bonds is 4. The number of ether oxygens (including phenoxy) is 1. The van der Waals surface area contributed by atoms with E-state index in [4.69, 9.17) is 14.9 Å². The summed E-state index contributed by atoms with van der Waals surface area (Å²) in [5, 5.41) is 0. The SMILES string of the molecule is Cc1cccc(C)c1OCc1nc2ccc(CN)cc2o1. The van der Waals surface area contributed by atoms with Gasteiger partial charge in [-0.2, -0.15) is 0 Å². The lowest BCUT2D eigenvalue weighted by molar-refractivity contribution is 0.264.